The molecule has 0 aromatic heterocycles. The van der Waals surface area contributed by atoms with Crippen molar-refractivity contribution in [2.24, 2.45) is 0 Å². The van der Waals surface area contributed by atoms with Gasteiger partial charge in [0.25, 0.3) is 0 Å². The van der Waals surface area contributed by atoms with E-state index in [1.807, 2.05) is 0 Å². The van der Waals surface area contributed by atoms with Crippen molar-refractivity contribution in [3.63, 3.8) is 0 Å². The third-order valence-corrected chi connectivity index (χ3v) is 5.13. The third kappa shape index (κ3) is 3.00. The SMILES string of the molecule is [AsH2]C(c1ccc(Br)cc1)c1ccc(Br)cc1. The summed E-state index contributed by atoms with van der Waals surface area (Å²) >= 11 is 8.65. The Bertz CT molecular complexity index is 417. The molecule has 2 aromatic rings. The minimum absolute atomic E-state index is 0.494. The van der Waals surface area contributed by atoms with Crippen LogP contribution in [0.3, 0.4) is 0 Å². The van der Waals surface area contributed by atoms with Gasteiger partial charge in [-0.25, -0.2) is 0 Å². The van der Waals surface area contributed by atoms with Crippen LogP contribution < -0.4 is 0 Å². The molecule has 0 amide bonds. The molecule has 0 radical (unpaired) electrons. The predicted molar refractivity (Wildman–Crippen MR) is 78.7 cm³/mol. The van der Waals surface area contributed by atoms with Gasteiger partial charge in [-0.1, -0.05) is 0 Å². The fourth-order valence-corrected chi connectivity index (χ4v) is 2.99. The Labute approximate surface area is 121 Å². The predicted octanol–water partition coefficient (Wildman–Crippen LogP) is 3.93. The molecule has 2 rings (SSSR count). The molecule has 0 saturated carbocycles. The third-order valence-electron chi connectivity index (χ3n) is 2.46. The summed E-state index contributed by atoms with van der Waals surface area (Å²) in [6, 6.07) is 17.1. The number of hydrogen-bond donors (Lipinski definition) is 0. The molecule has 0 fully saturated rings. The average Bonchev–Trinajstić information content (AvgIpc) is 2.30. The standard InChI is InChI=1S/C13H11AsBr2/c14-13(9-1-5-11(15)6-2-9)10-3-7-12(16)8-4-10/h1-8,13H,14H2. The van der Waals surface area contributed by atoms with Gasteiger partial charge in [-0.2, -0.15) is 0 Å². The van der Waals surface area contributed by atoms with E-state index in [4.69, 9.17) is 0 Å². The second-order valence-electron chi connectivity index (χ2n) is 3.58. The molecule has 0 aliphatic heterocycles. The Balaban J connectivity index is 2.28. The molecule has 0 N–H and O–H groups in total. The summed E-state index contributed by atoms with van der Waals surface area (Å²) in [5.74, 6) is 0. The summed E-state index contributed by atoms with van der Waals surface area (Å²) in [6.07, 6.45) is 0. The zero-order valence-electron chi connectivity index (χ0n) is 8.53. The van der Waals surface area contributed by atoms with E-state index >= 15 is 0 Å². The minimum atomic E-state index is 0.494. The first kappa shape index (κ1) is 12.4. The molecule has 16 heavy (non-hydrogen) atoms. The number of hydrogen-bond acceptors (Lipinski definition) is 0. The van der Waals surface area contributed by atoms with E-state index in [9.17, 15) is 0 Å². The molecule has 0 spiro atoms. The van der Waals surface area contributed by atoms with Crippen molar-refractivity contribution in [1.29, 1.82) is 0 Å². The molecule has 3 heteroatoms. The Hall–Kier alpha value is -0.0416. The van der Waals surface area contributed by atoms with Gasteiger partial charge in [0.1, 0.15) is 0 Å². The van der Waals surface area contributed by atoms with Crippen LogP contribution in [-0.2, 0) is 0 Å². The van der Waals surface area contributed by atoms with Crippen molar-refractivity contribution in [2.45, 2.75) is 4.71 Å². The van der Waals surface area contributed by atoms with Crippen LogP contribution in [0.15, 0.2) is 57.5 Å². The van der Waals surface area contributed by atoms with Crippen LogP contribution in [0.4, 0.5) is 0 Å². The van der Waals surface area contributed by atoms with Crippen LogP contribution in [-0.4, -0.2) is 16.9 Å². The number of halogens is 2. The summed E-state index contributed by atoms with van der Waals surface area (Å²) in [4.78, 5) is 0. The van der Waals surface area contributed by atoms with Gasteiger partial charge in [0.2, 0.25) is 0 Å². The fraction of sp³-hybridized carbons (Fsp3) is 0.0769. The van der Waals surface area contributed by atoms with E-state index in [0.29, 0.717) is 4.71 Å². The van der Waals surface area contributed by atoms with Crippen LogP contribution in [0.2, 0.25) is 0 Å². The van der Waals surface area contributed by atoms with Crippen molar-refractivity contribution < 1.29 is 0 Å². The van der Waals surface area contributed by atoms with E-state index < -0.39 is 0 Å². The molecule has 0 nitrogen and oxygen atoms in total. The number of rotatable bonds is 2. The maximum absolute atomic E-state index is 3.46. The van der Waals surface area contributed by atoms with Crippen molar-refractivity contribution in [2.75, 3.05) is 0 Å². The molecule has 82 valence electrons. The first-order chi connectivity index (χ1) is 7.66. The Kier molecular flexibility index (Phi) is 4.29. The monoisotopic (exact) mass is 400 g/mol. The zero-order chi connectivity index (χ0) is 11.5. The molecular weight excluding hydrogens is 391 g/mol. The zero-order valence-corrected chi connectivity index (χ0v) is 14.1. The van der Waals surface area contributed by atoms with Crippen LogP contribution in [0.5, 0.6) is 0 Å². The van der Waals surface area contributed by atoms with Gasteiger partial charge in [0.05, 0.1) is 0 Å². The average molecular weight is 402 g/mol. The van der Waals surface area contributed by atoms with Crippen molar-refractivity contribution in [1.82, 2.24) is 0 Å². The van der Waals surface area contributed by atoms with E-state index in [0.717, 1.165) is 8.95 Å². The Morgan fingerprint density at radius 2 is 1.00 bits per heavy atom. The van der Waals surface area contributed by atoms with Gasteiger partial charge in [0.15, 0.2) is 0 Å². The quantitative estimate of drug-likeness (QED) is 0.669. The molecular formula is C13H11AsBr2. The molecule has 0 heterocycles. The van der Waals surface area contributed by atoms with Gasteiger partial charge in [0, 0.05) is 0 Å². The summed E-state index contributed by atoms with van der Waals surface area (Å²) in [7, 11) is 0. The first-order valence-electron chi connectivity index (χ1n) is 4.93. The van der Waals surface area contributed by atoms with Crippen molar-refractivity contribution >= 4 is 48.7 Å². The molecule has 0 bridgehead atoms. The van der Waals surface area contributed by atoms with Crippen LogP contribution in [0.25, 0.3) is 0 Å². The maximum atomic E-state index is 3.46. The van der Waals surface area contributed by atoms with Gasteiger partial charge in [-0.3, -0.25) is 0 Å². The van der Waals surface area contributed by atoms with Gasteiger partial charge in [-0.15, -0.1) is 0 Å². The summed E-state index contributed by atoms with van der Waals surface area (Å²) < 4.78 is 2.76. The first-order valence-corrected chi connectivity index (χ1v) is 7.92. The molecule has 2 aromatic carbocycles. The summed E-state index contributed by atoms with van der Waals surface area (Å²) in [5, 5.41) is 0. The Morgan fingerprint density at radius 3 is 1.31 bits per heavy atom. The molecule has 0 aliphatic carbocycles. The summed E-state index contributed by atoms with van der Waals surface area (Å²) in [5.41, 5.74) is 2.73. The van der Waals surface area contributed by atoms with Gasteiger partial charge < -0.3 is 0 Å². The number of benzene rings is 2. The van der Waals surface area contributed by atoms with E-state index in [-0.39, 0.29) is 0 Å². The van der Waals surface area contributed by atoms with Crippen molar-refractivity contribution in [3.8, 4) is 0 Å². The van der Waals surface area contributed by atoms with Gasteiger partial charge >= 0.3 is 122 Å². The Morgan fingerprint density at radius 1 is 0.688 bits per heavy atom. The van der Waals surface area contributed by atoms with Crippen LogP contribution >= 0.6 is 31.9 Å². The second-order valence-corrected chi connectivity index (χ2v) is 6.81. The van der Waals surface area contributed by atoms with E-state index in [1.165, 1.54) is 11.1 Å². The molecule has 1 atom stereocenters. The van der Waals surface area contributed by atoms with Crippen LogP contribution in [0, 0.1) is 0 Å². The van der Waals surface area contributed by atoms with Crippen LogP contribution in [0.1, 0.15) is 15.8 Å². The fourth-order valence-electron chi connectivity index (χ4n) is 1.53. The second kappa shape index (κ2) is 5.53. The van der Waals surface area contributed by atoms with E-state index in [1.54, 1.807) is 16.9 Å². The van der Waals surface area contributed by atoms with Gasteiger partial charge in [-0.05, 0) is 0 Å². The normalized spacial score (nSPS) is 10.8. The van der Waals surface area contributed by atoms with E-state index in [2.05, 4.69) is 80.4 Å². The summed E-state index contributed by atoms with van der Waals surface area (Å²) in [6.45, 7) is 0. The molecule has 0 saturated heterocycles. The molecule has 1 unspecified atom stereocenters. The van der Waals surface area contributed by atoms with Crippen molar-refractivity contribution in [3.05, 3.63) is 68.6 Å². The molecule has 0 aliphatic rings. The topological polar surface area (TPSA) is 0 Å².